The van der Waals surface area contributed by atoms with Crippen molar-refractivity contribution in [3.8, 4) is 0 Å². The molecule has 6 heteroatoms. The fraction of sp³-hybridized carbons (Fsp3) is 0.684. The predicted molar refractivity (Wildman–Crippen MR) is 92.6 cm³/mol. The number of amides is 2. The van der Waals surface area contributed by atoms with E-state index in [4.69, 9.17) is 4.42 Å². The summed E-state index contributed by atoms with van der Waals surface area (Å²) in [6, 6.07) is 4.18. The van der Waals surface area contributed by atoms with E-state index in [2.05, 4.69) is 15.1 Å². The third-order valence-electron chi connectivity index (χ3n) is 5.83. The Labute approximate surface area is 148 Å². The molecule has 2 aliphatic heterocycles. The Bertz CT molecular complexity index is 626. The van der Waals surface area contributed by atoms with Crippen molar-refractivity contribution in [2.45, 2.75) is 51.1 Å². The van der Waals surface area contributed by atoms with Crippen LogP contribution in [-0.2, 0) is 16.1 Å². The van der Waals surface area contributed by atoms with Crippen LogP contribution in [0.2, 0.25) is 0 Å². The quantitative estimate of drug-likeness (QED) is 0.883. The van der Waals surface area contributed by atoms with E-state index in [0.29, 0.717) is 31.5 Å². The molecule has 1 atom stereocenters. The minimum atomic E-state index is 0.0411. The van der Waals surface area contributed by atoms with E-state index in [-0.39, 0.29) is 11.3 Å². The van der Waals surface area contributed by atoms with Crippen LogP contribution in [0.4, 0.5) is 0 Å². The van der Waals surface area contributed by atoms with E-state index >= 15 is 0 Å². The van der Waals surface area contributed by atoms with Crippen LogP contribution in [0.5, 0.6) is 0 Å². The van der Waals surface area contributed by atoms with Crippen molar-refractivity contribution in [2.24, 2.45) is 5.41 Å². The number of piperidine rings is 2. The van der Waals surface area contributed by atoms with Crippen molar-refractivity contribution >= 4 is 11.8 Å². The molecular formula is C19H27N3O3. The van der Waals surface area contributed by atoms with E-state index in [1.807, 2.05) is 12.1 Å². The summed E-state index contributed by atoms with van der Waals surface area (Å²) in [5, 5.41) is 2.93. The first-order valence-corrected chi connectivity index (χ1v) is 9.45. The molecular weight excluding hydrogens is 318 g/mol. The molecule has 3 heterocycles. The number of nitrogens with zero attached hydrogens (tertiary/aromatic N) is 2. The van der Waals surface area contributed by atoms with Gasteiger partial charge in [-0.15, -0.1) is 0 Å². The number of rotatable bonds is 5. The second kappa shape index (κ2) is 6.83. The van der Waals surface area contributed by atoms with Crippen molar-refractivity contribution in [3.05, 3.63) is 24.2 Å². The van der Waals surface area contributed by atoms with E-state index in [9.17, 15) is 9.59 Å². The van der Waals surface area contributed by atoms with Crippen LogP contribution < -0.4 is 5.32 Å². The average molecular weight is 345 g/mol. The fourth-order valence-corrected chi connectivity index (χ4v) is 4.40. The third-order valence-corrected chi connectivity index (χ3v) is 5.83. The van der Waals surface area contributed by atoms with E-state index in [1.54, 1.807) is 6.26 Å². The number of hydrogen-bond acceptors (Lipinski definition) is 4. The average Bonchev–Trinajstić information content (AvgIpc) is 3.31. The van der Waals surface area contributed by atoms with Gasteiger partial charge in [0.05, 0.1) is 19.4 Å². The highest BCUT2D eigenvalue weighted by Crippen LogP contribution is 2.42. The topological polar surface area (TPSA) is 65.8 Å². The standard InChI is InChI=1S/C19H27N3O3/c23-17(20-11-16-3-1-10-25-16)12-21-9-2-7-19(13-21)8-6-18(24)22(14-19)15-4-5-15/h1,3,10,15H,2,4-9,11-14H2,(H,20,23)/t19-/m0/s1. The zero-order chi connectivity index (χ0) is 17.3. The van der Waals surface area contributed by atoms with Crippen molar-refractivity contribution in [3.63, 3.8) is 0 Å². The molecule has 25 heavy (non-hydrogen) atoms. The first-order chi connectivity index (χ1) is 12.1. The van der Waals surface area contributed by atoms with E-state index in [0.717, 1.165) is 38.2 Å². The molecule has 0 unspecified atom stereocenters. The molecule has 0 radical (unpaired) electrons. The maximum absolute atomic E-state index is 12.3. The molecule has 3 aliphatic rings. The summed E-state index contributed by atoms with van der Waals surface area (Å²) in [7, 11) is 0. The molecule has 3 fully saturated rings. The van der Waals surface area contributed by atoms with Gasteiger partial charge in [0.25, 0.3) is 0 Å². The van der Waals surface area contributed by atoms with E-state index < -0.39 is 0 Å². The Balaban J connectivity index is 1.31. The van der Waals surface area contributed by atoms with Gasteiger partial charge in [0.15, 0.2) is 0 Å². The highest BCUT2D eigenvalue weighted by atomic mass is 16.3. The Morgan fingerprint density at radius 1 is 1.32 bits per heavy atom. The highest BCUT2D eigenvalue weighted by Gasteiger charge is 2.45. The van der Waals surface area contributed by atoms with Gasteiger partial charge in [-0.05, 0) is 50.8 Å². The van der Waals surface area contributed by atoms with Crippen LogP contribution in [0.25, 0.3) is 0 Å². The van der Waals surface area contributed by atoms with Crippen LogP contribution >= 0.6 is 0 Å². The molecule has 1 aliphatic carbocycles. The molecule has 2 saturated heterocycles. The van der Waals surface area contributed by atoms with Gasteiger partial charge in [0, 0.05) is 31.0 Å². The van der Waals surface area contributed by atoms with Gasteiger partial charge in [-0.1, -0.05) is 0 Å². The molecule has 1 aromatic heterocycles. The Morgan fingerprint density at radius 2 is 2.20 bits per heavy atom. The van der Waals surface area contributed by atoms with Gasteiger partial charge < -0.3 is 14.6 Å². The molecule has 4 rings (SSSR count). The summed E-state index contributed by atoms with van der Waals surface area (Å²) in [6.45, 7) is 3.65. The minimum absolute atomic E-state index is 0.0411. The molecule has 6 nitrogen and oxygen atoms in total. The van der Waals surface area contributed by atoms with Crippen molar-refractivity contribution in [1.82, 2.24) is 15.1 Å². The van der Waals surface area contributed by atoms with Gasteiger partial charge in [0.2, 0.25) is 11.8 Å². The van der Waals surface area contributed by atoms with Crippen LogP contribution in [0.15, 0.2) is 22.8 Å². The summed E-state index contributed by atoms with van der Waals surface area (Å²) in [4.78, 5) is 28.8. The molecule has 136 valence electrons. The summed E-state index contributed by atoms with van der Waals surface area (Å²) < 4.78 is 5.25. The summed E-state index contributed by atoms with van der Waals surface area (Å²) >= 11 is 0. The molecule has 1 N–H and O–H groups in total. The second-order valence-corrected chi connectivity index (χ2v) is 7.92. The molecule has 0 aromatic carbocycles. The molecule has 1 aromatic rings. The first-order valence-electron chi connectivity index (χ1n) is 9.45. The van der Waals surface area contributed by atoms with Crippen LogP contribution in [-0.4, -0.2) is 53.8 Å². The molecule has 2 amide bonds. The summed E-state index contributed by atoms with van der Waals surface area (Å²) in [5.74, 6) is 1.15. The Kier molecular flexibility index (Phi) is 4.54. The number of likely N-dealkylation sites (tertiary alicyclic amines) is 2. The maximum Gasteiger partial charge on any atom is 0.234 e. The van der Waals surface area contributed by atoms with E-state index in [1.165, 1.54) is 19.3 Å². The minimum Gasteiger partial charge on any atom is -0.467 e. The number of hydrogen-bond donors (Lipinski definition) is 1. The summed E-state index contributed by atoms with van der Waals surface area (Å²) in [6.07, 6.45) is 7.88. The lowest BCUT2D eigenvalue weighted by molar-refractivity contribution is -0.140. The zero-order valence-corrected chi connectivity index (χ0v) is 14.7. The van der Waals surface area contributed by atoms with Crippen LogP contribution in [0.1, 0.15) is 44.3 Å². The van der Waals surface area contributed by atoms with Crippen molar-refractivity contribution in [2.75, 3.05) is 26.2 Å². The normalized spacial score (nSPS) is 27.7. The number of furan rings is 1. The predicted octanol–water partition coefficient (Wildman–Crippen LogP) is 1.76. The first kappa shape index (κ1) is 16.6. The zero-order valence-electron chi connectivity index (χ0n) is 14.7. The molecule has 0 bridgehead atoms. The Hall–Kier alpha value is -1.82. The number of carbonyl (C=O) groups is 2. The lowest BCUT2D eigenvalue weighted by atomic mass is 9.73. The van der Waals surface area contributed by atoms with Gasteiger partial charge in [0.1, 0.15) is 5.76 Å². The highest BCUT2D eigenvalue weighted by molar-refractivity contribution is 5.78. The molecule has 1 spiro atoms. The smallest absolute Gasteiger partial charge is 0.234 e. The SMILES string of the molecule is O=C(CN1CCC[C@]2(CCC(=O)N(C3CC3)C2)C1)NCc1ccco1. The van der Waals surface area contributed by atoms with Gasteiger partial charge >= 0.3 is 0 Å². The lowest BCUT2D eigenvalue weighted by Crippen LogP contribution is -2.55. The fourth-order valence-electron chi connectivity index (χ4n) is 4.40. The van der Waals surface area contributed by atoms with Gasteiger partial charge in [-0.2, -0.15) is 0 Å². The third kappa shape index (κ3) is 3.89. The number of carbonyl (C=O) groups excluding carboxylic acids is 2. The van der Waals surface area contributed by atoms with Crippen LogP contribution in [0, 0.1) is 5.41 Å². The van der Waals surface area contributed by atoms with Gasteiger partial charge in [-0.25, -0.2) is 0 Å². The van der Waals surface area contributed by atoms with Crippen molar-refractivity contribution in [1.29, 1.82) is 0 Å². The summed E-state index contributed by atoms with van der Waals surface area (Å²) in [5.41, 5.74) is 0.191. The largest absolute Gasteiger partial charge is 0.467 e. The maximum atomic E-state index is 12.3. The monoisotopic (exact) mass is 345 g/mol. The Morgan fingerprint density at radius 3 is 2.96 bits per heavy atom. The molecule has 1 saturated carbocycles. The number of nitrogens with one attached hydrogen (secondary N) is 1. The van der Waals surface area contributed by atoms with Crippen LogP contribution in [0.3, 0.4) is 0 Å². The van der Waals surface area contributed by atoms with Gasteiger partial charge in [-0.3, -0.25) is 14.5 Å². The second-order valence-electron chi connectivity index (χ2n) is 7.92. The lowest BCUT2D eigenvalue weighted by Gasteiger charge is -2.48. The van der Waals surface area contributed by atoms with Crippen molar-refractivity contribution < 1.29 is 14.0 Å².